The van der Waals surface area contributed by atoms with E-state index < -0.39 is 11.7 Å². The van der Waals surface area contributed by atoms with Crippen LogP contribution < -0.4 is 25.4 Å². The van der Waals surface area contributed by atoms with Gasteiger partial charge in [0.1, 0.15) is 17.1 Å². The highest BCUT2D eigenvalue weighted by molar-refractivity contribution is 6.03. The average Bonchev–Trinajstić information content (AvgIpc) is 2.92. The van der Waals surface area contributed by atoms with Gasteiger partial charge in [0.2, 0.25) is 11.8 Å². The number of fused-ring (bicyclic) bond motifs is 1. The predicted octanol–water partition coefficient (Wildman–Crippen LogP) is 5.24. The molecule has 0 bridgehead atoms. The number of anilines is 3. The highest BCUT2D eigenvalue weighted by atomic mass is 16.6. The second kappa shape index (κ2) is 12.3. The van der Waals surface area contributed by atoms with E-state index in [-0.39, 0.29) is 30.9 Å². The fourth-order valence-corrected chi connectivity index (χ4v) is 3.78. The number of aromatic nitrogens is 2. The molecule has 11 heteroatoms. The Morgan fingerprint density at radius 1 is 0.950 bits per heavy atom. The molecule has 0 saturated heterocycles. The number of aliphatic hydroxyl groups is 1. The lowest BCUT2D eigenvalue weighted by Crippen LogP contribution is -2.27. The van der Waals surface area contributed by atoms with Crippen LogP contribution in [0.5, 0.6) is 17.4 Å². The first-order valence-corrected chi connectivity index (χ1v) is 12.5. The summed E-state index contributed by atoms with van der Waals surface area (Å²) in [5, 5.41) is 18.9. The minimum absolute atomic E-state index is 0.152. The van der Waals surface area contributed by atoms with E-state index in [1.807, 2.05) is 24.3 Å². The Labute approximate surface area is 231 Å². The number of hydrogen-bond donors (Lipinski definition) is 4. The molecule has 0 unspecified atom stereocenters. The molecule has 0 spiro atoms. The van der Waals surface area contributed by atoms with Crippen molar-refractivity contribution >= 4 is 40.1 Å². The van der Waals surface area contributed by atoms with Gasteiger partial charge in [-0.05, 0) is 51.1 Å². The summed E-state index contributed by atoms with van der Waals surface area (Å²) in [6.45, 7) is 5.41. The van der Waals surface area contributed by atoms with E-state index >= 15 is 0 Å². The number of ether oxygens (including phenoxy) is 3. The molecule has 1 heterocycles. The fourth-order valence-electron chi connectivity index (χ4n) is 3.78. The van der Waals surface area contributed by atoms with Crippen LogP contribution >= 0.6 is 0 Å². The van der Waals surface area contributed by atoms with Gasteiger partial charge < -0.3 is 30.0 Å². The predicted molar refractivity (Wildman–Crippen MR) is 152 cm³/mol. The number of carbonyl (C=O) groups is 2. The number of methoxy groups -OCH3 is 1. The first-order chi connectivity index (χ1) is 19.2. The minimum atomic E-state index is -0.622. The molecular formula is C29H31N5O6. The summed E-state index contributed by atoms with van der Waals surface area (Å²) in [5.74, 6) is 1.15. The zero-order valence-electron chi connectivity index (χ0n) is 22.6. The molecule has 3 aromatic carbocycles. The molecule has 0 fully saturated rings. The third-order valence-corrected chi connectivity index (χ3v) is 5.47. The molecule has 0 aliphatic heterocycles. The van der Waals surface area contributed by atoms with Crippen LogP contribution in [0, 0.1) is 0 Å². The van der Waals surface area contributed by atoms with Gasteiger partial charge >= 0.3 is 6.09 Å². The third kappa shape index (κ3) is 7.14. The monoisotopic (exact) mass is 545 g/mol. The number of hydrogen-bond acceptors (Lipinski definition) is 9. The van der Waals surface area contributed by atoms with E-state index in [2.05, 4.69) is 25.9 Å². The van der Waals surface area contributed by atoms with E-state index in [0.717, 1.165) is 10.8 Å². The summed E-state index contributed by atoms with van der Waals surface area (Å²) in [5.41, 5.74) is 0.887. The molecule has 4 aromatic rings. The van der Waals surface area contributed by atoms with Gasteiger partial charge in [0.05, 0.1) is 25.1 Å². The van der Waals surface area contributed by atoms with Crippen molar-refractivity contribution in [2.75, 3.05) is 30.9 Å². The second-order valence-corrected chi connectivity index (χ2v) is 9.62. The van der Waals surface area contributed by atoms with Crippen LogP contribution in [0.2, 0.25) is 0 Å². The lowest BCUT2D eigenvalue weighted by molar-refractivity contribution is 0.0636. The molecule has 0 saturated carbocycles. The number of nitrogens with one attached hydrogen (secondary N) is 3. The van der Waals surface area contributed by atoms with Gasteiger partial charge in [-0.2, -0.15) is 4.98 Å². The van der Waals surface area contributed by atoms with Gasteiger partial charge in [-0.15, -0.1) is 0 Å². The Balaban J connectivity index is 1.54. The highest BCUT2D eigenvalue weighted by Crippen LogP contribution is 2.35. The Morgan fingerprint density at radius 2 is 1.70 bits per heavy atom. The number of amides is 2. The zero-order valence-corrected chi connectivity index (χ0v) is 22.6. The van der Waals surface area contributed by atoms with Crippen molar-refractivity contribution in [3.63, 3.8) is 0 Å². The van der Waals surface area contributed by atoms with E-state index in [0.29, 0.717) is 28.4 Å². The van der Waals surface area contributed by atoms with Crippen LogP contribution in [0.25, 0.3) is 10.8 Å². The lowest BCUT2D eigenvalue weighted by Gasteiger charge is -2.20. The summed E-state index contributed by atoms with van der Waals surface area (Å²) < 4.78 is 16.9. The number of carbonyl (C=O) groups excluding carboxylic acids is 2. The SMILES string of the molecule is COc1cc(C(=O)NCCO)ccc1Nc1nccc(Oc2ccc(NC(=O)OC(C)(C)C)c3ccccc23)n1. The molecule has 4 N–H and O–H groups in total. The molecule has 208 valence electrons. The maximum absolute atomic E-state index is 12.3. The number of nitrogens with zero attached hydrogens (tertiary/aromatic N) is 2. The number of rotatable bonds is 9. The standard InChI is InChI=1S/C29H31N5O6/c1-29(2,3)40-28(37)33-21-11-12-23(20-8-6-5-7-19(20)21)39-25-13-14-31-27(34-25)32-22-10-9-18(17-24(22)38-4)26(36)30-15-16-35/h5-14,17,35H,15-16H2,1-4H3,(H,30,36)(H,33,37)(H,31,32,34). The molecule has 0 aliphatic rings. The van der Waals surface area contributed by atoms with Crippen molar-refractivity contribution in [2.45, 2.75) is 26.4 Å². The first kappa shape index (κ1) is 28.1. The summed E-state index contributed by atoms with van der Waals surface area (Å²) in [6.07, 6.45) is 1.00. The van der Waals surface area contributed by atoms with Crippen molar-refractivity contribution in [3.8, 4) is 17.4 Å². The van der Waals surface area contributed by atoms with Crippen molar-refractivity contribution in [2.24, 2.45) is 0 Å². The Hall–Kier alpha value is -4.90. The smallest absolute Gasteiger partial charge is 0.412 e. The zero-order chi connectivity index (χ0) is 28.7. The second-order valence-electron chi connectivity index (χ2n) is 9.62. The summed E-state index contributed by atoms with van der Waals surface area (Å²) >= 11 is 0. The van der Waals surface area contributed by atoms with Gasteiger partial charge in [0.15, 0.2) is 0 Å². The normalized spacial score (nSPS) is 11.0. The molecular weight excluding hydrogens is 514 g/mol. The van der Waals surface area contributed by atoms with Gasteiger partial charge in [0.25, 0.3) is 5.91 Å². The molecule has 0 aliphatic carbocycles. The minimum Gasteiger partial charge on any atom is -0.495 e. The molecule has 0 atom stereocenters. The van der Waals surface area contributed by atoms with Crippen LogP contribution in [0.4, 0.5) is 22.1 Å². The van der Waals surface area contributed by atoms with Gasteiger partial charge in [-0.3, -0.25) is 10.1 Å². The van der Waals surface area contributed by atoms with Crippen LogP contribution in [0.15, 0.2) is 66.9 Å². The van der Waals surface area contributed by atoms with Crippen LogP contribution in [-0.2, 0) is 4.74 Å². The Bertz CT molecular complexity index is 1520. The maximum Gasteiger partial charge on any atom is 0.412 e. The number of benzene rings is 3. The van der Waals surface area contributed by atoms with Crippen LogP contribution in [0.3, 0.4) is 0 Å². The Kier molecular flexibility index (Phi) is 8.65. The van der Waals surface area contributed by atoms with Crippen molar-refractivity contribution < 1.29 is 28.9 Å². The molecule has 40 heavy (non-hydrogen) atoms. The topological polar surface area (TPSA) is 144 Å². The van der Waals surface area contributed by atoms with E-state index in [1.54, 1.807) is 63.4 Å². The van der Waals surface area contributed by atoms with Crippen LogP contribution in [0.1, 0.15) is 31.1 Å². The average molecular weight is 546 g/mol. The molecule has 11 nitrogen and oxygen atoms in total. The number of aliphatic hydroxyl groups excluding tert-OH is 1. The van der Waals surface area contributed by atoms with Crippen molar-refractivity contribution in [3.05, 3.63) is 72.4 Å². The van der Waals surface area contributed by atoms with E-state index in [1.165, 1.54) is 7.11 Å². The quantitative estimate of drug-likeness (QED) is 0.222. The van der Waals surface area contributed by atoms with E-state index in [4.69, 9.17) is 19.3 Å². The third-order valence-electron chi connectivity index (χ3n) is 5.47. The highest BCUT2D eigenvalue weighted by Gasteiger charge is 2.18. The first-order valence-electron chi connectivity index (χ1n) is 12.5. The lowest BCUT2D eigenvalue weighted by atomic mass is 10.1. The fraction of sp³-hybridized carbons (Fsp3) is 0.241. The van der Waals surface area contributed by atoms with E-state index in [9.17, 15) is 9.59 Å². The maximum atomic E-state index is 12.3. The summed E-state index contributed by atoms with van der Waals surface area (Å²) in [6, 6.07) is 17.5. The Morgan fingerprint density at radius 3 is 2.42 bits per heavy atom. The van der Waals surface area contributed by atoms with Gasteiger partial charge in [-0.25, -0.2) is 9.78 Å². The van der Waals surface area contributed by atoms with Gasteiger partial charge in [-0.1, -0.05) is 24.3 Å². The van der Waals surface area contributed by atoms with Crippen LogP contribution in [-0.4, -0.2) is 52.9 Å². The van der Waals surface area contributed by atoms with Gasteiger partial charge in [0, 0.05) is 35.1 Å². The molecule has 0 radical (unpaired) electrons. The van der Waals surface area contributed by atoms with Crippen molar-refractivity contribution in [1.82, 2.24) is 15.3 Å². The van der Waals surface area contributed by atoms with Crippen molar-refractivity contribution in [1.29, 1.82) is 0 Å². The molecule has 1 aromatic heterocycles. The molecule has 4 rings (SSSR count). The summed E-state index contributed by atoms with van der Waals surface area (Å²) in [4.78, 5) is 33.3. The largest absolute Gasteiger partial charge is 0.495 e. The molecule has 2 amide bonds. The summed E-state index contributed by atoms with van der Waals surface area (Å²) in [7, 11) is 1.49.